The topological polar surface area (TPSA) is 143 Å². The van der Waals surface area contributed by atoms with Crippen LogP contribution < -0.4 is 20.1 Å². The highest BCUT2D eigenvalue weighted by Gasteiger charge is 2.23. The maximum absolute atomic E-state index is 12.1. The van der Waals surface area contributed by atoms with Crippen LogP contribution in [0, 0.1) is 0 Å². The molecular formula is C32H46N2O8. The van der Waals surface area contributed by atoms with Crippen LogP contribution in [-0.4, -0.2) is 52.3 Å². The molecule has 0 aromatic heterocycles. The van der Waals surface area contributed by atoms with E-state index in [9.17, 15) is 24.6 Å². The van der Waals surface area contributed by atoms with Gasteiger partial charge >= 0.3 is 17.9 Å². The first-order chi connectivity index (χ1) is 19.3. The Bertz CT molecular complexity index is 1260. The lowest BCUT2D eigenvalue weighted by Crippen LogP contribution is -2.38. The second-order valence-corrected chi connectivity index (χ2v) is 12.5. The van der Waals surface area contributed by atoms with Crippen LogP contribution in [0.25, 0.3) is 0 Å². The van der Waals surface area contributed by atoms with Gasteiger partial charge in [-0.15, -0.1) is 0 Å². The largest absolute Gasteiger partial charge is 0.461 e. The van der Waals surface area contributed by atoms with E-state index in [2.05, 4.69) is 10.6 Å². The fourth-order valence-corrected chi connectivity index (χ4v) is 4.11. The predicted octanol–water partition coefficient (Wildman–Crippen LogP) is 4.03. The molecule has 10 nitrogen and oxygen atoms in total. The van der Waals surface area contributed by atoms with Gasteiger partial charge < -0.3 is 35.1 Å². The van der Waals surface area contributed by atoms with Gasteiger partial charge in [-0.3, -0.25) is 14.4 Å². The highest BCUT2D eigenvalue weighted by molar-refractivity contribution is 5.72. The second kappa shape index (κ2) is 14.7. The minimum atomic E-state index is -0.935. The van der Waals surface area contributed by atoms with Crippen molar-refractivity contribution in [1.82, 2.24) is 10.6 Å². The molecule has 2 atom stereocenters. The molecule has 0 amide bonds. The number of benzene rings is 2. The Morgan fingerprint density at radius 3 is 1.71 bits per heavy atom. The summed E-state index contributed by atoms with van der Waals surface area (Å²) in [5.74, 6) is -1.17. The smallest absolute Gasteiger partial charge is 0.308 e. The quantitative estimate of drug-likeness (QED) is 0.213. The summed E-state index contributed by atoms with van der Waals surface area (Å²) in [7, 11) is 0. The molecule has 2 aromatic carbocycles. The zero-order valence-corrected chi connectivity index (χ0v) is 26.2. The summed E-state index contributed by atoms with van der Waals surface area (Å²) >= 11 is 0. The van der Waals surface area contributed by atoms with Crippen molar-refractivity contribution in [2.75, 3.05) is 13.1 Å². The maximum Gasteiger partial charge on any atom is 0.308 e. The van der Waals surface area contributed by atoms with E-state index >= 15 is 0 Å². The molecule has 0 heterocycles. The van der Waals surface area contributed by atoms with E-state index < -0.39 is 30.1 Å². The monoisotopic (exact) mass is 586 g/mol. The Hall–Kier alpha value is -3.31. The highest BCUT2D eigenvalue weighted by Crippen LogP contribution is 2.35. The highest BCUT2D eigenvalue weighted by atomic mass is 16.5. The lowest BCUT2D eigenvalue weighted by Gasteiger charge is -2.25. The van der Waals surface area contributed by atoms with Gasteiger partial charge in [-0.25, -0.2) is 0 Å². The minimum Gasteiger partial charge on any atom is -0.461 e. The fraction of sp³-hybridized carbons (Fsp3) is 0.531. The van der Waals surface area contributed by atoms with E-state index in [4.69, 9.17) is 14.2 Å². The lowest BCUT2D eigenvalue weighted by atomic mass is 9.94. The first-order valence-corrected chi connectivity index (χ1v) is 14.0. The minimum absolute atomic E-state index is 0.110. The Labute approximate surface area is 248 Å². The zero-order chi connectivity index (χ0) is 31.8. The number of β-amino-alcohol motifs (C(OH)–C–C–N with tert-alkyl or cyclic N) is 2. The molecule has 0 aliphatic heterocycles. The number of aliphatic hydroxyl groups is 2. The third-order valence-electron chi connectivity index (χ3n) is 6.08. The van der Waals surface area contributed by atoms with Crippen LogP contribution in [0.5, 0.6) is 11.5 Å². The molecular weight excluding hydrogens is 540 g/mol. The third kappa shape index (κ3) is 11.9. The first-order valence-electron chi connectivity index (χ1n) is 14.0. The van der Waals surface area contributed by atoms with Crippen LogP contribution in [0.15, 0.2) is 30.3 Å². The van der Waals surface area contributed by atoms with Crippen molar-refractivity contribution in [2.45, 2.75) is 98.6 Å². The third-order valence-corrected chi connectivity index (χ3v) is 6.08. The number of rotatable bonds is 12. The van der Waals surface area contributed by atoms with Gasteiger partial charge in [0.2, 0.25) is 0 Å². The number of ether oxygens (including phenoxy) is 3. The van der Waals surface area contributed by atoms with E-state index in [1.165, 1.54) is 20.8 Å². The van der Waals surface area contributed by atoms with E-state index in [0.29, 0.717) is 34.4 Å². The average Bonchev–Trinajstić information content (AvgIpc) is 2.85. The van der Waals surface area contributed by atoms with Gasteiger partial charge in [0.15, 0.2) is 0 Å². The van der Waals surface area contributed by atoms with Gasteiger partial charge in [-0.1, -0.05) is 6.07 Å². The summed E-state index contributed by atoms with van der Waals surface area (Å²) in [6.07, 6.45) is -1.67. The second-order valence-electron chi connectivity index (χ2n) is 12.5. The summed E-state index contributed by atoms with van der Waals surface area (Å²) in [5.41, 5.74) is 2.09. The standard InChI is InChI=1S/C32H46N2O8/c1-19(35)40-18-26-14-23(28(39)17-34-32(7,8)9)13-25(30(26)42-21(3)37)15-24-12-22(10-11-29(24)41-20(2)36)27(38)16-33-31(4,5)6/h10-14,27-28,33-34,38-39H,15-18H2,1-9H3. The maximum atomic E-state index is 12.1. The molecule has 0 aliphatic carbocycles. The van der Waals surface area contributed by atoms with Crippen LogP contribution in [0.1, 0.15) is 102 Å². The summed E-state index contributed by atoms with van der Waals surface area (Å²) in [6.45, 7) is 16.1. The normalized spacial score (nSPS) is 13.3. The number of carbonyl (C=O) groups excluding carboxylic acids is 3. The molecule has 2 unspecified atom stereocenters. The number of aliphatic hydroxyl groups excluding tert-OH is 2. The van der Waals surface area contributed by atoms with E-state index in [-0.39, 0.29) is 42.1 Å². The molecule has 0 fully saturated rings. The summed E-state index contributed by atoms with van der Waals surface area (Å²) in [6, 6.07) is 8.40. The molecule has 2 aromatic rings. The number of hydrogen-bond acceptors (Lipinski definition) is 10. The van der Waals surface area contributed by atoms with E-state index in [0.717, 1.165) is 0 Å². The van der Waals surface area contributed by atoms with Crippen LogP contribution in [0.3, 0.4) is 0 Å². The van der Waals surface area contributed by atoms with Crippen molar-refractivity contribution in [3.8, 4) is 11.5 Å². The van der Waals surface area contributed by atoms with Gasteiger partial charge in [0, 0.05) is 62.5 Å². The predicted molar refractivity (Wildman–Crippen MR) is 159 cm³/mol. The molecule has 0 aliphatic rings. The Morgan fingerprint density at radius 1 is 0.714 bits per heavy atom. The van der Waals surface area contributed by atoms with Gasteiger partial charge in [-0.05, 0) is 82.5 Å². The molecule has 42 heavy (non-hydrogen) atoms. The fourth-order valence-electron chi connectivity index (χ4n) is 4.11. The van der Waals surface area contributed by atoms with Crippen molar-refractivity contribution in [1.29, 1.82) is 0 Å². The summed E-state index contributed by atoms with van der Waals surface area (Å²) < 4.78 is 16.3. The van der Waals surface area contributed by atoms with E-state index in [1.54, 1.807) is 30.3 Å². The molecule has 0 radical (unpaired) electrons. The Morgan fingerprint density at radius 2 is 1.21 bits per heavy atom. The van der Waals surface area contributed by atoms with Crippen molar-refractivity contribution in [3.63, 3.8) is 0 Å². The molecule has 4 N–H and O–H groups in total. The number of esters is 3. The number of nitrogens with one attached hydrogen (secondary N) is 2. The van der Waals surface area contributed by atoms with Crippen LogP contribution in [0.2, 0.25) is 0 Å². The van der Waals surface area contributed by atoms with Crippen LogP contribution >= 0.6 is 0 Å². The van der Waals surface area contributed by atoms with Gasteiger partial charge in [-0.2, -0.15) is 0 Å². The van der Waals surface area contributed by atoms with Crippen molar-refractivity contribution >= 4 is 17.9 Å². The van der Waals surface area contributed by atoms with E-state index in [1.807, 2.05) is 41.5 Å². The van der Waals surface area contributed by atoms with Gasteiger partial charge in [0.05, 0.1) is 12.2 Å². The van der Waals surface area contributed by atoms with Crippen molar-refractivity contribution in [2.24, 2.45) is 0 Å². The van der Waals surface area contributed by atoms with Crippen molar-refractivity contribution < 1.29 is 38.8 Å². The molecule has 0 bridgehead atoms. The lowest BCUT2D eigenvalue weighted by molar-refractivity contribution is -0.142. The molecule has 10 heteroatoms. The molecule has 0 saturated carbocycles. The summed E-state index contributed by atoms with van der Waals surface area (Å²) in [4.78, 5) is 35.7. The molecule has 0 saturated heterocycles. The average molecular weight is 587 g/mol. The van der Waals surface area contributed by atoms with Crippen LogP contribution in [0.4, 0.5) is 0 Å². The number of carbonyl (C=O) groups is 3. The van der Waals surface area contributed by atoms with Gasteiger partial charge in [0.25, 0.3) is 0 Å². The first kappa shape index (κ1) is 34.9. The Kier molecular flexibility index (Phi) is 12.2. The van der Waals surface area contributed by atoms with Gasteiger partial charge in [0.1, 0.15) is 18.1 Å². The molecule has 0 spiro atoms. The van der Waals surface area contributed by atoms with Crippen LogP contribution in [-0.2, 0) is 32.1 Å². The molecule has 232 valence electrons. The number of hydrogen-bond donors (Lipinski definition) is 4. The van der Waals surface area contributed by atoms with Crippen molar-refractivity contribution in [3.05, 3.63) is 58.1 Å². The Balaban J connectivity index is 2.66. The SMILES string of the molecule is CC(=O)OCc1cc(C(O)CNC(C)(C)C)cc(Cc2cc(C(O)CNC(C)(C)C)ccc2OC(C)=O)c1OC(C)=O. The zero-order valence-electron chi connectivity index (χ0n) is 26.2. The summed E-state index contributed by atoms with van der Waals surface area (Å²) in [5, 5.41) is 28.5. The molecule has 2 rings (SSSR count).